The Labute approximate surface area is 143 Å². The van der Waals surface area contributed by atoms with Crippen LogP contribution in [0.1, 0.15) is 21.9 Å². The Bertz CT molecular complexity index is 1020. The third kappa shape index (κ3) is 2.97. The molecule has 0 unspecified atom stereocenters. The van der Waals surface area contributed by atoms with Crippen molar-refractivity contribution in [1.82, 2.24) is 19.9 Å². The standard InChI is InChI=1S/C19H14N4O2/c1-12-19(21-11-10-20-12)25-14-8-6-13(7-9-14)17(24)18-22-15-4-2-3-5-16(15)23-18/h2-11H,1H3,(H,22,23). The minimum atomic E-state index is -0.168. The monoisotopic (exact) mass is 330 g/mol. The van der Waals surface area contributed by atoms with Crippen LogP contribution in [0.5, 0.6) is 11.6 Å². The van der Waals surface area contributed by atoms with Crippen LogP contribution >= 0.6 is 0 Å². The number of hydrogen-bond donors (Lipinski definition) is 1. The third-order valence-corrected chi connectivity index (χ3v) is 3.77. The molecule has 0 saturated heterocycles. The van der Waals surface area contributed by atoms with E-state index in [1.165, 1.54) is 0 Å². The van der Waals surface area contributed by atoms with E-state index in [0.29, 0.717) is 28.7 Å². The van der Waals surface area contributed by atoms with Gasteiger partial charge in [-0.1, -0.05) is 12.1 Å². The van der Waals surface area contributed by atoms with Crippen LogP contribution in [-0.2, 0) is 0 Å². The largest absolute Gasteiger partial charge is 0.437 e. The zero-order valence-electron chi connectivity index (χ0n) is 13.4. The van der Waals surface area contributed by atoms with Crippen molar-refractivity contribution < 1.29 is 9.53 Å². The van der Waals surface area contributed by atoms with Gasteiger partial charge in [-0.25, -0.2) is 9.97 Å². The molecule has 0 fully saturated rings. The Morgan fingerprint density at radius 3 is 2.52 bits per heavy atom. The molecule has 0 saturated carbocycles. The van der Waals surface area contributed by atoms with E-state index in [1.54, 1.807) is 36.7 Å². The molecule has 122 valence electrons. The van der Waals surface area contributed by atoms with Crippen molar-refractivity contribution in [3.05, 3.63) is 78.0 Å². The summed E-state index contributed by atoms with van der Waals surface area (Å²) in [7, 11) is 0. The van der Waals surface area contributed by atoms with Gasteiger partial charge in [-0.15, -0.1) is 0 Å². The third-order valence-electron chi connectivity index (χ3n) is 3.77. The second-order valence-corrected chi connectivity index (χ2v) is 5.51. The smallest absolute Gasteiger partial charge is 0.240 e. The lowest BCUT2D eigenvalue weighted by atomic mass is 10.1. The fourth-order valence-electron chi connectivity index (χ4n) is 2.48. The van der Waals surface area contributed by atoms with E-state index in [1.807, 2.05) is 31.2 Å². The molecule has 0 aliphatic carbocycles. The van der Waals surface area contributed by atoms with Gasteiger partial charge in [-0.05, 0) is 43.3 Å². The number of fused-ring (bicyclic) bond motifs is 1. The van der Waals surface area contributed by atoms with Crippen molar-refractivity contribution in [3.8, 4) is 11.6 Å². The van der Waals surface area contributed by atoms with Gasteiger partial charge in [0.1, 0.15) is 5.75 Å². The van der Waals surface area contributed by atoms with E-state index in [0.717, 1.165) is 11.0 Å². The predicted octanol–water partition coefficient (Wildman–Crippen LogP) is 3.68. The minimum Gasteiger partial charge on any atom is -0.437 e. The van der Waals surface area contributed by atoms with Crippen LogP contribution in [0.4, 0.5) is 0 Å². The molecule has 0 bridgehead atoms. The summed E-state index contributed by atoms with van der Waals surface area (Å²) < 4.78 is 5.69. The molecule has 2 aromatic heterocycles. The number of nitrogens with zero attached hydrogens (tertiary/aromatic N) is 3. The second-order valence-electron chi connectivity index (χ2n) is 5.51. The Hall–Kier alpha value is -3.54. The van der Waals surface area contributed by atoms with E-state index in [9.17, 15) is 4.79 Å². The molecular weight excluding hydrogens is 316 g/mol. The summed E-state index contributed by atoms with van der Waals surface area (Å²) in [6.45, 7) is 1.82. The van der Waals surface area contributed by atoms with E-state index in [-0.39, 0.29) is 5.78 Å². The first kappa shape index (κ1) is 15.0. The highest BCUT2D eigenvalue weighted by atomic mass is 16.5. The molecule has 4 rings (SSSR count). The van der Waals surface area contributed by atoms with E-state index in [2.05, 4.69) is 19.9 Å². The average molecular weight is 330 g/mol. The zero-order valence-corrected chi connectivity index (χ0v) is 13.4. The lowest BCUT2D eigenvalue weighted by Crippen LogP contribution is -2.03. The first-order valence-electron chi connectivity index (χ1n) is 7.76. The van der Waals surface area contributed by atoms with E-state index >= 15 is 0 Å². The zero-order chi connectivity index (χ0) is 17.2. The number of aryl methyl sites for hydroxylation is 1. The highest BCUT2D eigenvalue weighted by Crippen LogP contribution is 2.22. The summed E-state index contributed by atoms with van der Waals surface area (Å²) in [5.74, 6) is 1.18. The van der Waals surface area contributed by atoms with Crippen LogP contribution in [0.3, 0.4) is 0 Å². The maximum Gasteiger partial charge on any atom is 0.240 e. The second kappa shape index (κ2) is 6.16. The van der Waals surface area contributed by atoms with Crippen molar-refractivity contribution in [2.24, 2.45) is 0 Å². The number of imidazole rings is 1. The number of aromatic amines is 1. The molecule has 0 spiro atoms. The van der Waals surface area contributed by atoms with Gasteiger partial charge in [0.25, 0.3) is 0 Å². The molecule has 25 heavy (non-hydrogen) atoms. The van der Waals surface area contributed by atoms with Crippen LogP contribution in [0.25, 0.3) is 11.0 Å². The molecule has 6 nitrogen and oxygen atoms in total. The Morgan fingerprint density at radius 2 is 1.76 bits per heavy atom. The molecule has 2 heterocycles. The maximum absolute atomic E-state index is 12.6. The van der Waals surface area contributed by atoms with Crippen LogP contribution < -0.4 is 4.74 Å². The highest BCUT2D eigenvalue weighted by Gasteiger charge is 2.14. The first-order chi connectivity index (χ1) is 12.2. The van der Waals surface area contributed by atoms with Gasteiger partial charge in [0.15, 0.2) is 5.82 Å². The molecular formula is C19H14N4O2. The van der Waals surface area contributed by atoms with Gasteiger partial charge in [0.05, 0.1) is 16.7 Å². The quantitative estimate of drug-likeness (QED) is 0.577. The average Bonchev–Trinajstić information content (AvgIpc) is 3.08. The Kier molecular flexibility index (Phi) is 3.70. The van der Waals surface area contributed by atoms with Gasteiger partial charge in [0, 0.05) is 18.0 Å². The van der Waals surface area contributed by atoms with Crippen LogP contribution in [0, 0.1) is 6.92 Å². The molecule has 6 heteroatoms. The Morgan fingerprint density at radius 1 is 1.00 bits per heavy atom. The van der Waals surface area contributed by atoms with E-state index < -0.39 is 0 Å². The topological polar surface area (TPSA) is 80.8 Å². The van der Waals surface area contributed by atoms with Crippen LogP contribution in [-0.4, -0.2) is 25.7 Å². The number of ether oxygens (including phenoxy) is 1. The fraction of sp³-hybridized carbons (Fsp3) is 0.0526. The number of carbonyl (C=O) groups is 1. The number of para-hydroxylation sites is 2. The summed E-state index contributed by atoms with van der Waals surface area (Å²) in [4.78, 5) is 28.2. The predicted molar refractivity (Wildman–Crippen MR) is 92.8 cm³/mol. The summed E-state index contributed by atoms with van der Waals surface area (Å²) in [6.07, 6.45) is 3.18. The summed E-state index contributed by atoms with van der Waals surface area (Å²) in [6, 6.07) is 14.4. The fourth-order valence-corrected chi connectivity index (χ4v) is 2.48. The number of nitrogens with one attached hydrogen (secondary N) is 1. The van der Waals surface area contributed by atoms with Gasteiger partial charge >= 0.3 is 0 Å². The highest BCUT2D eigenvalue weighted by molar-refractivity contribution is 6.08. The van der Waals surface area contributed by atoms with Crippen LogP contribution in [0.15, 0.2) is 60.9 Å². The number of ketones is 1. The number of rotatable bonds is 4. The molecule has 0 aliphatic rings. The number of benzene rings is 2. The van der Waals surface area contributed by atoms with Crippen LogP contribution in [0.2, 0.25) is 0 Å². The Balaban J connectivity index is 1.57. The van der Waals surface area contributed by atoms with Crippen molar-refractivity contribution >= 4 is 16.8 Å². The van der Waals surface area contributed by atoms with Gasteiger partial charge in [-0.2, -0.15) is 0 Å². The van der Waals surface area contributed by atoms with Crippen molar-refractivity contribution in [3.63, 3.8) is 0 Å². The van der Waals surface area contributed by atoms with Crippen molar-refractivity contribution in [2.75, 3.05) is 0 Å². The molecule has 2 aromatic carbocycles. The summed E-state index contributed by atoms with van der Waals surface area (Å²) in [5, 5.41) is 0. The SMILES string of the molecule is Cc1nccnc1Oc1ccc(C(=O)c2nc3ccccc3[nH]2)cc1. The van der Waals surface area contributed by atoms with E-state index in [4.69, 9.17) is 4.74 Å². The molecule has 0 atom stereocenters. The van der Waals surface area contributed by atoms with Gasteiger partial charge in [-0.3, -0.25) is 9.78 Å². The minimum absolute atomic E-state index is 0.168. The first-order valence-corrected chi connectivity index (χ1v) is 7.76. The lowest BCUT2D eigenvalue weighted by molar-refractivity contribution is 0.103. The molecule has 0 radical (unpaired) electrons. The molecule has 0 amide bonds. The number of H-pyrrole nitrogens is 1. The molecule has 0 aliphatic heterocycles. The lowest BCUT2D eigenvalue weighted by Gasteiger charge is -2.06. The van der Waals surface area contributed by atoms with Crippen molar-refractivity contribution in [1.29, 1.82) is 0 Å². The molecule has 4 aromatic rings. The summed E-state index contributed by atoms with van der Waals surface area (Å²) >= 11 is 0. The number of hydrogen-bond acceptors (Lipinski definition) is 5. The van der Waals surface area contributed by atoms with Gasteiger partial charge < -0.3 is 9.72 Å². The number of carbonyl (C=O) groups excluding carboxylic acids is 1. The summed E-state index contributed by atoms with van der Waals surface area (Å²) in [5.41, 5.74) is 2.83. The van der Waals surface area contributed by atoms with Gasteiger partial charge in [0.2, 0.25) is 11.7 Å². The number of aromatic nitrogens is 4. The normalized spacial score (nSPS) is 10.8. The molecule has 1 N–H and O–H groups in total. The van der Waals surface area contributed by atoms with Crippen molar-refractivity contribution in [2.45, 2.75) is 6.92 Å². The maximum atomic E-state index is 12.6.